The van der Waals surface area contributed by atoms with E-state index in [1.54, 1.807) is 30.2 Å². The zero-order valence-corrected chi connectivity index (χ0v) is 14.3. The van der Waals surface area contributed by atoms with E-state index in [0.717, 1.165) is 27.6 Å². The van der Waals surface area contributed by atoms with Crippen molar-refractivity contribution in [3.63, 3.8) is 0 Å². The molecule has 0 fully saturated rings. The van der Waals surface area contributed by atoms with Crippen molar-refractivity contribution in [1.29, 1.82) is 0 Å². The lowest BCUT2D eigenvalue weighted by Crippen LogP contribution is -1.99. The summed E-state index contributed by atoms with van der Waals surface area (Å²) in [4.78, 5) is 13.5. The predicted molar refractivity (Wildman–Crippen MR) is 94.6 cm³/mol. The summed E-state index contributed by atoms with van der Waals surface area (Å²) in [5.41, 5.74) is 3.96. The third kappa shape index (κ3) is 2.66. The molecule has 0 saturated carbocycles. The van der Waals surface area contributed by atoms with Crippen LogP contribution in [0, 0.1) is 0 Å². The summed E-state index contributed by atoms with van der Waals surface area (Å²) in [5, 5.41) is 0. The Hall–Kier alpha value is -2.12. The molecule has 4 rings (SSSR count). The number of rotatable bonds is 4. The molecule has 0 spiro atoms. The number of nitrogens with zero attached hydrogens (tertiary/aromatic N) is 4. The fourth-order valence-corrected chi connectivity index (χ4v) is 4.04. The number of thioether (sulfide) groups is 1. The Morgan fingerprint density at radius 1 is 1.17 bits per heavy atom. The fourth-order valence-electron chi connectivity index (χ4n) is 2.48. The van der Waals surface area contributed by atoms with Gasteiger partial charge in [-0.1, -0.05) is 17.8 Å². The van der Waals surface area contributed by atoms with Crippen LogP contribution < -0.4 is 4.74 Å². The van der Waals surface area contributed by atoms with E-state index in [1.165, 1.54) is 10.3 Å². The third-order valence-electron chi connectivity index (χ3n) is 3.61. The molecular weight excluding hydrogens is 328 g/mol. The van der Waals surface area contributed by atoms with Gasteiger partial charge < -0.3 is 9.30 Å². The van der Waals surface area contributed by atoms with Gasteiger partial charge >= 0.3 is 0 Å². The predicted octanol–water partition coefficient (Wildman–Crippen LogP) is 3.82. The molecule has 7 heteroatoms. The van der Waals surface area contributed by atoms with Gasteiger partial charge in [0.2, 0.25) is 5.88 Å². The van der Waals surface area contributed by atoms with Crippen molar-refractivity contribution in [1.82, 2.24) is 19.5 Å². The number of hydrogen-bond acceptors (Lipinski definition) is 6. The number of aromatic nitrogens is 4. The number of fused-ring (bicyclic) bond motifs is 2. The smallest absolute Gasteiger partial charge is 0.215 e. The van der Waals surface area contributed by atoms with Crippen LogP contribution >= 0.6 is 23.1 Å². The van der Waals surface area contributed by atoms with Crippen molar-refractivity contribution >= 4 is 44.5 Å². The van der Waals surface area contributed by atoms with Crippen LogP contribution in [0.4, 0.5) is 0 Å². The second-order valence-electron chi connectivity index (χ2n) is 5.05. The summed E-state index contributed by atoms with van der Waals surface area (Å²) in [5.74, 6) is 0.599. The van der Waals surface area contributed by atoms with Gasteiger partial charge in [0, 0.05) is 6.07 Å². The molecule has 0 N–H and O–H groups in total. The second kappa shape index (κ2) is 5.82. The molecule has 0 saturated heterocycles. The third-order valence-corrected chi connectivity index (χ3v) is 5.61. The molecule has 3 aromatic heterocycles. The quantitative estimate of drug-likeness (QED) is 0.528. The molecule has 116 valence electrons. The molecule has 0 atom stereocenters. The molecule has 0 aliphatic heterocycles. The first-order chi connectivity index (χ1) is 11.3. The highest BCUT2D eigenvalue weighted by atomic mass is 32.2. The minimum atomic E-state index is 0.599. The van der Waals surface area contributed by atoms with Gasteiger partial charge in [0.25, 0.3) is 0 Å². The van der Waals surface area contributed by atoms with Crippen LogP contribution in [0.15, 0.2) is 41.0 Å². The van der Waals surface area contributed by atoms with Gasteiger partial charge in [0.05, 0.1) is 30.2 Å². The molecule has 0 amide bonds. The Kier molecular flexibility index (Phi) is 3.66. The maximum Gasteiger partial charge on any atom is 0.215 e. The highest BCUT2D eigenvalue weighted by Crippen LogP contribution is 2.29. The average Bonchev–Trinajstić information content (AvgIpc) is 3.18. The van der Waals surface area contributed by atoms with Gasteiger partial charge in [-0.05, 0) is 30.0 Å². The number of thiazole rings is 1. The Morgan fingerprint density at radius 3 is 2.87 bits per heavy atom. The molecule has 0 radical (unpaired) electrons. The molecule has 4 aromatic rings. The largest absolute Gasteiger partial charge is 0.481 e. The monoisotopic (exact) mass is 342 g/mol. The van der Waals surface area contributed by atoms with Crippen LogP contribution in [0.3, 0.4) is 0 Å². The lowest BCUT2D eigenvalue weighted by Gasteiger charge is -2.05. The van der Waals surface area contributed by atoms with Gasteiger partial charge in [-0.15, -0.1) is 11.3 Å². The van der Waals surface area contributed by atoms with Gasteiger partial charge in [0.15, 0.2) is 9.99 Å². The molecule has 1 aromatic carbocycles. The number of ether oxygens (including phenoxy) is 1. The number of methoxy groups -OCH3 is 1. The molecule has 3 heterocycles. The zero-order valence-electron chi connectivity index (χ0n) is 12.7. The lowest BCUT2D eigenvalue weighted by molar-refractivity contribution is 0.399. The van der Waals surface area contributed by atoms with E-state index in [-0.39, 0.29) is 0 Å². The number of benzene rings is 1. The molecular formula is C16H14N4OS2. The highest BCUT2D eigenvalue weighted by molar-refractivity contribution is 8.00. The van der Waals surface area contributed by atoms with Crippen molar-refractivity contribution in [3.05, 3.63) is 42.2 Å². The average molecular weight is 342 g/mol. The summed E-state index contributed by atoms with van der Waals surface area (Å²) < 4.78 is 9.55. The van der Waals surface area contributed by atoms with Crippen molar-refractivity contribution in [2.24, 2.45) is 0 Å². The molecule has 0 aliphatic carbocycles. The van der Waals surface area contributed by atoms with Gasteiger partial charge in [-0.3, -0.25) is 0 Å². The van der Waals surface area contributed by atoms with Crippen LogP contribution in [0.25, 0.3) is 21.4 Å². The normalized spacial score (nSPS) is 11.4. The Labute approximate surface area is 141 Å². The maximum absolute atomic E-state index is 5.21. The standard InChI is InChI=1S/C16H14N4OS2/c1-21-14-6-5-12-15(19-14)20(9-17-12)8-10-3-4-11-13(7-10)23-16(18-11)22-2/h3-7,9H,8H2,1-2H3. The van der Waals surface area contributed by atoms with Crippen LogP contribution in [0.2, 0.25) is 0 Å². The van der Waals surface area contributed by atoms with Crippen molar-refractivity contribution in [2.45, 2.75) is 10.9 Å². The number of pyridine rings is 1. The van der Waals surface area contributed by atoms with Crippen LogP contribution in [0.1, 0.15) is 5.56 Å². The molecule has 5 nitrogen and oxygen atoms in total. The number of imidazole rings is 1. The first kappa shape index (κ1) is 14.5. The van der Waals surface area contributed by atoms with E-state index in [0.29, 0.717) is 5.88 Å². The van der Waals surface area contributed by atoms with E-state index in [1.807, 2.05) is 23.0 Å². The van der Waals surface area contributed by atoms with Crippen LogP contribution in [0.5, 0.6) is 5.88 Å². The Balaban J connectivity index is 1.72. The van der Waals surface area contributed by atoms with Crippen LogP contribution in [-0.4, -0.2) is 32.9 Å². The van der Waals surface area contributed by atoms with E-state index < -0.39 is 0 Å². The topological polar surface area (TPSA) is 52.8 Å². The lowest BCUT2D eigenvalue weighted by atomic mass is 10.2. The summed E-state index contributed by atoms with van der Waals surface area (Å²) >= 11 is 3.41. The van der Waals surface area contributed by atoms with E-state index in [2.05, 4.69) is 39.4 Å². The SMILES string of the molecule is COc1ccc2ncn(Cc3ccc4nc(SC)sc4c3)c2n1. The minimum Gasteiger partial charge on any atom is -0.481 e. The van der Waals surface area contributed by atoms with Gasteiger partial charge in [-0.25, -0.2) is 9.97 Å². The Morgan fingerprint density at radius 2 is 2.04 bits per heavy atom. The van der Waals surface area contributed by atoms with Crippen molar-refractivity contribution in [3.8, 4) is 5.88 Å². The van der Waals surface area contributed by atoms with Gasteiger partial charge in [-0.2, -0.15) is 4.98 Å². The van der Waals surface area contributed by atoms with E-state index >= 15 is 0 Å². The van der Waals surface area contributed by atoms with Crippen LogP contribution in [-0.2, 0) is 6.54 Å². The number of hydrogen-bond donors (Lipinski definition) is 0. The van der Waals surface area contributed by atoms with Crippen molar-refractivity contribution in [2.75, 3.05) is 13.4 Å². The minimum absolute atomic E-state index is 0.599. The first-order valence-corrected chi connectivity index (χ1v) is 9.10. The maximum atomic E-state index is 5.21. The van der Waals surface area contributed by atoms with Crippen molar-refractivity contribution < 1.29 is 4.74 Å². The fraction of sp³-hybridized carbons (Fsp3) is 0.188. The molecule has 0 unspecified atom stereocenters. The highest BCUT2D eigenvalue weighted by Gasteiger charge is 2.08. The van der Waals surface area contributed by atoms with E-state index in [4.69, 9.17) is 4.74 Å². The van der Waals surface area contributed by atoms with E-state index in [9.17, 15) is 0 Å². The van der Waals surface area contributed by atoms with Gasteiger partial charge in [0.1, 0.15) is 5.52 Å². The summed E-state index contributed by atoms with van der Waals surface area (Å²) in [7, 11) is 1.62. The first-order valence-electron chi connectivity index (χ1n) is 7.06. The molecule has 0 aliphatic rings. The summed E-state index contributed by atoms with van der Waals surface area (Å²) in [6, 6.07) is 10.1. The zero-order chi connectivity index (χ0) is 15.8. The second-order valence-corrected chi connectivity index (χ2v) is 7.14. The Bertz CT molecular complexity index is 992. The molecule has 23 heavy (non-hydrogen) atoms. The summed E-state index contributed by atoms with van der Waals surface area (Å²) in [6.45, 7) is 0.721. The molecule has 0 bridgehead atoms. The summed E-state index contributed by atoms with van der Waals surface area (Å²) in [6.07, 6.45) is 3.87.